The Kier molecular flexibility index (Phi) is 10.8. The van der Waals surface area contributed by atoms with Crippen molar-refractivity contribution >= 4 is 29.5 Å². The first-order valence-electron chi connectivity index (χ1n) is 9.88. The lowest BCUT2D eigenvalue weighted by Crippen LogP contribution is -2.40. The van der Waals surface area contributed by atoms with Crippen LogP contribution in [-0.2, 0) is 23.9 Å². The molecule has 28 heavy (non-hydrogen) atoms. The van der Waals surface area contributed by atoms with Gasteiger partial charge in [0.05, 0.1) is 5.75 Å². The van der Waals surface area contributed by atoms with E-state index in [0.29, 0.717) is 25.0 Å². The van der Waals surface area contributed by atoms with Gasteiger partial charge in [-0.05, 0) is 59.6 Å². The second-order valence-corrected chi connectivity index (χ2v) is 10.0. The summed E-state index contributed by atoms with van der Waals surface area (Å²) >= 11 is 1.51. The van der Waals surface area contributed by atoms with Crippen LogP contribution in [0, 0.1) is 5.41 Å². The van der Waals surface area contributed by atoms with Gasteiger partial charge in [0, 0.05) is 11.8 Å². The van der Waals surface area contributed by atoms with Crippen LogP contribution < -0.4 is 5.73 Å². The van der Waals surface area contributed by atoms with Crippen LogP contribution in [0.15, 0.2) is 0 Å². The molecule has 1 unspecified atom stereocenters. The molecule has 0 heterocycles. The number of carbonyl (C=O) groups is 3. The third-order valence-corrected chi connectivity index (χ3v) is 5.51. The summed E-state index contributed by atoms with van der Waals surface area (Å²) in [6, 6.07) is -0.886. The molecule has 0 aliphatic carbocycles. The molecule has 0 fully saturated rings. The third kappa shape index (κ3) is 10.5. The number of rotatable bonds is 13. The predicted molar refractivity (Wildman–Crippen MR) is 114 cm³/mol. The maximum absolute atomic E-state index is 12.3. The molecule has 0 saturated carbocycles. The van der Waals surface area contributed by atoms with Crippen LogP contribution in [0.2, 0.25) is 0 Å². The Bertz CT molecular complexity index is 543. The minimum Gasteiger partial charge on any atom is -0.460 e. The Balaban J connectivity index is 4.54. The molecule has 7 heteroatoms. The molecule has 0 aliphatic rings. The first-order chi connectivity index (χ1) is 12.7. The largest absolute Gasteiger partial charge is 0.460 e. The summed E-state index contributed by atoms with van der Waals surface area (Å²) < 4.78 is 10.9. The summed E-state index contributed by atoms with van der Waals surface area (Å²) in [4.78, 5) is 36.4. The summed E-state index contributed by atoms with van der Waals surface area (Å²) in [5.74, 6) is -0.250. The van der Waals surface area contributed by atoms with Gasteiger partial charge in [-0.1, -0.05) is 20.8 Å². The summed E-state index contributed by atoms with van der Waals surface area (Å²) in [5, 5.41) is 0. The van der Waals surface area contributed by atoms with Crippen LogP contribution >= 0.6 is 11.8 Å². The van der Waals surface area contributed by atoms with Gasteiger partial charge in [0.25, 0.3) is 0 Å². The molecule has 0 saturated heterocycles. The van der Waals surface area contributed by atoms with Crippen molar-refractivity contribution in [1.82, 2.24) is 0 Å². The lowest BCUT2D eigenvalue weighted by Gasteiger charge is -2.31. The number of ketones is 1. The zero-order chi connectivity index (χ0) is 22.2. The van der Waals surface area contributed by atoms with E-state index >= 15 is 0 Å². The number of thioether (sulfide) groups is 1. The van der Waals surface area contributed by atoms with Crippen LogP contribution in [0.1, 0.15) is 80.6 Å². The van der Waals surface area contributed by atoms with Gasteiger partial charge >= 0.3 is 11.9 Å². The standard InChI is InChI=1S/C21H39NO5S/c1-9-20(4,5)26-17(24)11-10-15(22)18(25)27-21(6,7)13-12-19(2,3)16(23)14-28-8/h15H,9-14,22H2,1-8H3. The zero-order valence-electron chi connectivity index (χ0n) is 18.8. The second-order valence-electron chi connectivity index (χ2n) is 9.15. The van der Waals surface area contributed by atoms with Crippen molar-refractivity contribution in [2.45, 2.75) is 97.8 Å². The SMILES string of the molecule is CCC(C)(C)OC(=O)CCC(N)C(=O)OC(C)(C)CCC(C)(C)C(=O)CSC. The zero-order valence-corrected chi connectivity index (χ0v) is 19.7. The van der Waals surface area contributed by atoms with Gasteiger partial charge in [0.2, 0.25) is 0 Å². The van der Waals surface area contributed by atoms with Crippen molar-refractivity contribution < 1.29 is 23.9 Å². The van der Waals surface area contributed by atoms with E-state index in [0.717, 1.165) is 0 Å². The maximum atomic E-state index is 12.3. The van der Waals surface area contributed by atoms with Gasteiger partial charge in [-0.25, -0.2) is 0 Å². The molecule has 0 bridgehead atoms. The lowest BCUT2D eigenvalue weighted by atomic mass is 9.81. The molecule has 6 nitrogen and oxygen atoms in total. The van der Waals surface area contributed by atoms with E-state index in [4.69, 9.17) is 15.2 Å². The number of Topliss-reactive ketones (excluding diaryl/α,β-unsaturated/α-hetero) is 1. The van der Waals surface area contributed by atoms with Gasteiger partial charge < -0.3 is 15.2 Å². The van der Waals surface area contributed by atoms with Crippen molar-refractivity contribution in [3.63, 3.8) is 0 Å². The van der Waals surface area contributed by atoms with Gasteiger partial charge in [-0.2, -0.15) is 11.8 Å². The molecule has 0 rings (SSSR count). The van der Waals surface area contributed by atoms with E-state index in [1.165, 1.54) is 11.8 Å². The minimum atomic E-state index is -0.886. The van der Waals surface area contributed by atoms with Crippen LogP contribution in [-0.4, -0.2) is 47.0 Å². The summed E-state index contributed by atoms with van der Waals surface area (Å²) in [6.07, 6.45) is 4.00. The van der Waals surface area contributed by atoms with Crippen molar-refractivity contribution in [3.8, 4) is 0 Å². The molecule has 164 valence electrons. The molecule has 0 aliphatic heterocycles. The highest BCUT2D eigenvalue weighted by atomic mass is 32.2. The van der Waals surface area contributed by atoms with Gasteiger partial charge in [-0.15, -0.1) is 0 Å². The van der Waals surface area contributed by atoms with Crippen molar-refractivity contribution in [2.75, 3.05) is 12.0 Å². The average Bonchev–Trinajstić information content (AvgIpc) is 2.57. The Labute approximate surface area is 174 Å². The monoisotopic (exact) mass is 417 g/mol. The number of nitrogens with two attached hydrogens (primary N) is 1. The highest BCUT2D eigenvalue weighted by Gasteiger charge is 2.33. The summed E-state index contributed by atoms with van der Waals surface area (Å²) in [7, 11) is 0. The molecular formula is C21H39NO5S. The number of ether oxygens (including phenoxy) is 2. The van der Waals surface area contributed by atoms with E-state index in [2.05, 4.69) is 0 Å². The van der Waals surface area contributed by atoms with E-state index < -0.39 is 28.6 Å². The molecule has 2 N–H and O–H groups in total. The highest BCUT2D eigenvalue weighted by molar-refractivity contribution is 7.99. The Morgan fingerprint density at radius 3 is 2.04 bits per heavy atom. The van der Waals surface area contributed by atoms with Gasteiger partial charge in [0.15, 0.2) is 0 Å². The van der Waals surface area contributed by atoms with Crippen LogP contribution in [0.4, 0.5) is 0 Å². The predicted octanol–water partition coefficient (Wildman–Crippen LogP) is 3.89. The third-order valence-electron chi connectivity index (χ3n) is 4.96. The molecule has 0 aromatic carbocycles. The Morgan fingerprint density at radius 1 is 0.964 bits per heavy atom. The first-order valence-corrected chi connectivity index (χ1v) is 11.3. The number of esters is 2. The van der Waals surface area contributed by atoms with E-state index in [1.807, 2.05) is 54.7 Å². The summed E-state index contributed by atoms with van der Waals surface area (Å²) in [5.41, 5.74) is 4.17. The molecule has 0 amide bonds. The van der Waals surface area contributed by atoms with Crippen LogP contribution in [0.25, 0.3) is 0 Å². The maximum Gasteiger partial charge on any atom is 0.323 e. The normalized spacial score (nSPS) is 13.8. The fraction of sp³-hybridized carbons (Fsp3) is 0.857. The van der Waals surface area contributed by atoms with E-state index in [1.54, 1.807) is 0 Å². The first kappa shape index (κ1) is 26.9. The quantitative estimate of drug-likeness (QED) is 0.454. The fourth-order valence-electron chi connectivity index (χ4n) is 2.30. The highest BCUT2D eigenvalue weighted by Crippen LogP contribution is 2.30. The van der Waals surface area contributed by atoms with E-state index in [-0.39, 0.29) is 24.6 Å². The number of hydrogen-bond acceptors (Lipinski definition) is 7. The molecule has 0 radical (unpaired) electrons. The molecule has 1 atom stereocenters. The number of carbonyl (C=O) groups excluding carboxylic acids is 3. The number of hydrogen-bond donors (Lipinski definition) is 1. The van der Waals surface area contributed by atoms with Gasteiger partial charge in [0.1, 0.15) is 23.0 Å². The van der Waals surface area contributed by atoms with E-state index in [9.17, 15) is 14.4 Å². The molecular weight excluding hydrogens is 378 g/mol. The Morgan fingerprint density at radius 2 is 1.54 bits per heavy atom. The minimum absolute atomic E-state index is 0.0658. The second kappa shape index (κ2) is 11.2. The van der Waals surface area contributed by atoms with Crippen molar-refractivity contribution in [1.29, 1.82) is 0 Å². The smallest absolute Gasteiger partial charge is 0.323 e. The van der Waals surface area contributed by atoms with Crippen LogP contribution in [0.5, 0.6) is 0 Å². The van der Waals surface area contributed by atoms with Gasteiger partial charge in [-0.3, -0.25) is 14.4 Å². The fourth-order valence-corrected chi connectivity index (χ4v) is 2.95. The van der Waals surface area contributed by atoms with Crippen molar-refractivity contribution in [2.24, 2.45) is 11.1 Å². The molecule has 0 aromatic heterocycles. The topological polar surface area (TPSA) is 95.7 Å². The van der Waals surface area contributed by atoms with Crippen molar-refractivity contribution in [3.05, 3.63) is 0 Å². The molecule has 0 spiro atoms. The van der Waals surface area contributed by atoms with Crippen LogP contribution in [0.3, 0.4) is 0 Å². The average molecular weight is 418 g/mol. The summed E-state index contributed by atoms with van der Waals surface area (Å²) in [6.45, 7) is 13.1. The Hall–Kier alpha value is -1.08. The lowest BCUT2D eigenvalue weighted by molar-refractivity contribution is -0.160. The molecule has 0 aromatic rings.